The van der Waals surface area contributed by atoms with Gasteiger partial charge in [0.05, 0.1) is 11.1 Å². The molecule has 1 aliphatic carbocycles. The summed E-state index contributed by atoms with van der Waals surface area (Å²) in [4.78, 5) is 2.39. The minimum absolute atomic E-state index is 0.497. The molecule has 0 fully saturated rings. The molecular formula is C57H37NOS. The summed E-state index contributed by atoms with van der Waals surface area (Å²) in [5.41, 5.74) is 15.1. The molecule has 0 atom stereocenters. The molecule has 0 unspecified atom stereocenters. The van der Waals surface area contributed by atoms with E-state index in [4.69, 9.17) is 4.74 Å². The monoisotopic (exact) mass is 783 g/mol. The first kappa shape index (κ1) is 34.6. The van der Waals surface area contributed by atoms with Gasteiger partial charge in [0.25, 0.3) is 0 Å². The summed E-state index contributed by atoms with van der Waals surface area (Å²) in [6, 6.07) is 79.1. The second-order valence-corrected chi connectivity index (χ2v) is 16.7. The number of hydrogen-bond donors (Lipinski definition) is 0. The number of para-hydroxylation sites is 4. The first-order valence-electron chi connectivity index (χ1n) is 20.5. The molecular weight excluding hydrogens is 747 g/mol. The number of thiophene rings is 1. The topological polar surface area (TPSA) is 12.5 Å². The minimum atomic E-state index is -0.497. The number of hydrogen-bond acceptors (Lipinski definition) is 3. The third-order valence-electron chi connectivity index (χ3n) is 12.3. The van der Waals surface area contributed by atoms with Crippen LogP contribution in [-0.2, 0) is 5.41 Å². The predicted molar refractivity (Wildman–Crippen MR) is 251 cm³/mol. The first-order valence-corrected chi connectivity index (χ1v) is 21.3. The van der Waals surface area contributed by atoms with Gasteiger partial charge in [0.2, 0.25) is 0 Å². The summed E-state index contributed by atoms with van der Waals surface area (Å²) >= 11 is 1.86. The lowest BCUT2D eigenvalue weighted by molar-refractivity contribution is 0.436. The fourth-order valence-corrected chi connectivity index (χ4v) is 10.9. The molecule has 1 aromatic heterocycles. The Kier molecular flexibility index (Phi) is 7.97. The first-order chi connectivity index (χ1) is 29.8. The van der Waals surface area contributed by atoms with Gasteiger partial charge in [0, 0.05) is 42.7 Å². The molecule has 12 rings (SSSR count). The van der Waals surface area contributed by atoms with Crippen LogP contribution in [0.25, 0.3) is 42.9 Å². The summed E-state index contributed by atoms with van der Waals surface area (Å²) in [7, 11) is 0. The van der Waals surface area contributed by atoms with E-state index in [1.54, 1.807) is 0 Å². The van der Waals surface area contributed by atoms with Crippen molar-refractivity contribution >= 4 is 60.2 Å². The Morgan fingerprint density at radius 3 is 1.75 bits per heavy atom. The van der Waals surface area contributed by atoms with Crippen LogP contribution in [0.4, 0.5) is 17.1 Å². The summed E-state index contributed by atoms with van der Waals surface area (Å²) < 4.78 is 9.13. The van der Waals surface area contributed by atoms with Crippen molar-refractivity contribution in [3.63, 3.8) is 0 Å². The van der Waals surface area contributed by atoms with Gasteiger partial charge in [-0.05, 0) is 117 Å². The van der Waals surface area contributed by atoms with E-state index in [9.17, 15) is 0 Å². The highest BCUT2D eigenvalue weighted by atomic mass is 32.1. The predicted octanol–water partition coefficient (Wildman–Crippen LogP) is 15.6. The molecule has 2 heterocycles. The van der Waals surface area contributed by atoms with Crippen LogP contribution in [0.3, 0.4) is 0 Å². The van der Waals surface area contributed by atoms with Crippen LogP contribution in [0.1, 0.15) is 38.9 Å². The lowest BCUT2D eigenvalue weighted by atomic mass is 9.66. The standard InChI is InChI=1S/C57H37NOS/c1-4-17-39(18-5-1)44(35-38-31-34-54-46(36-38)56-51(27-16-30-55(56)60-54)58(41-19-6-2-7-20-41)42-21-8-3-9-22-42)40-32-33-48-45(37-40)43-23-10-11-24-47(43)57(48)49-25-12-14-28-52(49)59-53-29-15-13-26-50(53)57/h1-37H/b44-35+. The molecule has 3 heteroatoms. The molecule has 0 saturated heterocycles. The van der Waals surface area contributed by atoms with Crippen molar-refractivity contribution in [3.05, 3.63) is 257 Å². The maximum Gasteiger partial charge on any atom is 0.132 e. The maximum atomic E-state index is 6.59. The second-order valence-electron chi connectivity index (χ2n) is 15.6. The minimum Gasteiger partial charge on any atom is -0.457 e. The number of anilines is 3. The molecule has 1 spiro atoms. The van der Waals surface area contributed by atoms with Gasteiger partial charge in [0.15, 0.2) is 0 Å². The average molecular weight is 784 g/mol. The van der Waals surface area contributed by atoms with E-state index < -0.39 is 5.41 Å². The van der Waals surface area contributed by atoms with Crippen molar-refractivity contribution in [2.75, 3.05) is 4.90 Å². The van der Waals surface area contributed by atoms with Crippen LogP contribution in [0.15, 0.2) is 218 Å². The van der Waals surface area contributed by atoms with Crippen LogP contribution in [0.5, 0.6) is 11.5 Å². The van der Waals surface area contributed by atoms with Crippen molar-refractivity contribution in [2.24, 2.45) is 0 Å². The smallest absolute Gasteiger partial charge is 0.132 e. The molecule has 0 radical (unpaired) electrons. The molecule has 1 aliphatic heterocycles. The third-order valence-corrected chi connectivity index (χ3v) is 13.5. The molecule has 282 valence electrons. The van der Waals surface area contributed by atoms with E-state index in [1.807, 2.05) is 11.3 Å². The van der Waals surface area contributed by atoms with Crippen molar-refractivity contribution in [2.45, 2.75) is 5.41 Å². The van der Waals surface area contributed by atoms with Crippen LogP contribution in [0.2, 0.25) is 0 Å². The van der Waals surface area contributed by atoms with Gasteiger partial charge in [-0.15, -0.1) is 11.3 Å². The Bertz CT molecular complexity index is 3210. The van der Waals surface area contributed by atoms with E-state index in [2.05, 4.69) is 229 Å². The lowest BCUT2D eigenvalue weighted by Crippen LogP contribution is -2.32. The van der Waals surface area contributed by atoms with Crippen molar-refractivity contribution in [1.82, 2.24) is 0 Å². The third kappa shape index (κ3) is 5.26. The summed E-state index contributed by atoms with van der Waals surface area (Å²) in [6.07, 6.45) is 2.38. The molecule has 10 aromatic rings. The molecule has 60 heavy (non-hydrogen) atoms. The Morgan fingerprint density at radius 1 is 0.450 bits per heavy atom. The fourth-order valence-electron chi connectivity index (χ4n) is 9.83. The van der Waals surface area contributed by atoms with Gasteiger partial charge in [-0.3, -0.25) is 0 Å². The van der Waals surface area contributed by atoms with Crippen LogP contribution >= 0.6 is 11.3 Å². The molecule has 0 saturated carbocycles. The largest absolute Gasteiger partial charge is 0.457 e. The van der Waals surface area contributed by atoms with Crippen LogP contribution in [-0.4, -0.2) is 0 Å². The normalized spacial score (nSPS) is 13.4. The van der Waals surface area contributed by atoms with Crippen molar-refractivity contribution in [3.8, 4) is 22.6 Å². The van der Waals surface area contributed by atoms with Gasteiger partial charge in [-0.2, -0.15) is 0 Å². The molecule has 2 aliphatic rings. The van der Waals surface area contributed by atoms with Gasteiger partial charge in [0.1, 0.15) is 11.5 Å². The second kappa shape index (κ2) is 13.8. The van der Waals surface area contributed by atoms with Gasteiger partial charge in [-0.25, -0.2) is 0 Å². The van der Waals surface area contributed by atoms with Gasteiger partial charge >= 0.3 is 0 Å². The zero-order valence-corrected chi connectivity index (χ0v) is 33.4. The van der Waals surface area contributed by atoms with Crippen molar-refractivity contribution < 1.29 is 4.74 Å². The maximum absolute atomic E-state index is 6.59. The Labute approximate surface area is 353 Å². The lowest BCUT2D eigenvalue weighted by Gasteiger charge is -2.39. The fraction of sp³-hybridized carbons (Fsp3) is 0.0175. The summed E-state index contributed by atoms with van der Waals surface area (Å²) in [6.45, 7) is 0. The number of ether oxygens (including phenoxy) is 1. The number of benzene rings is 9. The van der Waals surface area contributed by atoms with E-state index in [0.29, 0.717) is 0 Å². The van der Waals surface area contributed by atoms with Gasteiger partial charge in [-0.1, -0.05) is 152 Å². The number of rotatable bonds is 6. The quantitative estimate of drug-likeness (QED) is 0.156. The van der Waals surface area contributed by atoms with Crippen LogP contribution < -0.4 is 9.64 Å². The van der Waals surface area contributed by atoms with E-state index in [0.717, 1.165) is 28.4 Å². The van der Waals surface area contributed by atoms with Crippen molar-refractivity contribution in [1.29, 1.82) is 0 Å². The highest BCUT2D eigenvalue weighted by Gasteiger charge is 2.51. The van der Waals surface area contributed by atoms with Crippen LogP contribution in [0, 0.1) is 0 Å². The van der Waals surface area contributed by atoms with E-state index in [1.165, 1.54) is 75.9 Å². The highest BCUT2D eigenvalue weighted by molar-refractivity contribution is 7.26. The summed E-state index contributed by atoms with van der Waals surface area (Å²) in [5, 5.41) is 2.52. The number of fused-ring (bicyclic) bond motifs is 12. The zero-order valence-electron chi connectivity index (χ0n) is 32.6. The molecule has 2 nitrogen and oxygen atoms in total. The molecule has 9 aromatic carbocycles. The zero-order chi connectivity index (χ0) is 39.6. The highest BCUT2D eigenvalue weighted by Crippen LogP contribution is 2.62. The molecule has 0 N–H and O–H groups in total. The average Bonchev–Trinajstić information content (AvgIpc) is 3.83. The van der Waals surface area contributed by atoms with Gasteiger partial charge < -0.3 is 9.64 Å². The number of nitrogens with zero attached hydrogens (tertiary/aromatic N) is 1. The Hall–Kier alpha value is -7.46. The van der Waals surface area contributed by atoms with E-state index in [-0.39, 0.29) is 0 Å². The molecule has 0 amide bonds. The SMILES string of the molecule is C(=C(/c1ccccc1)c1ccc2c(c1)-c1ccccc1C21c2ccccc2Oc2ccccc21)/c1ccc2sc3cccc(N(c4ccccc4)c4ccccc4)c3c2c1. The summed E-state index contributed by atoms with van der Waals surface area (Å²) in [5.74, 6) is 1.81. The Morgan fingerprint density at radius 2 is 1.05 bits per heavy atom. The Balaban J connectivity index is 1.06. The van der Waals surface area contributed by atoms with E-state index >= 15 is 0 Å². The molecule has 0 bridgehead atoms.